The Balaban J connectivity index is 1.71. The van der Waals surface area contributed by atoms with Crippen LogP contribution in [0.15, 0.2) is 40.9 Å². The van der Waals surface area contributed by atoms with Gasteiger partial charge in [0.1, 0.15) is 5.03 Å². The van der Waals surface area contributed by atoms with Gasteiger partial charge < -0.3 is 4.90 Å². The summed E-state index contributed by atoms with van der Waals surface area (Å²) in [7, 11) is 0. The number of thioether (sulfide) groups is 2. The standard InChI is InChI=1S/C16H18N2OS3/c1-20-15-12(4-2-7-17-15)16(19)18-8-6-14(22-11-9-18)13-5-3-10-21-13/h2-5,7,10,14H,6,8-9,11H2,1H3/t14-/m1/s1. The third-order valence-corrected chi connectivity index (χ3v) is 6.84. The Morgan fingerprint density at radius 2 is 2.27 bits per heavy atom. The Labute approximate surface area is 143 Å². The third-order valence-electron chi connectivity index (χ3n) is 3.68. The lowest BCUT2D eigenvalue weighted by Crippen LogP contribution is -2.33. The number of aromatic nitrogens is 1. The number of carbonyl (C=O) groups excluding carboxylic acids is 1. The molecule has 0 aromatic carbocycles. The number of hydrogen-bond donors (Lipinski definition) is 0. The highest BCUT2D eigenvalue weighted by Crippen LogP contribution is 2.37. The van der Waals surface area contributed by atoms with E-state index in [4.69, 9.17) is 0 Å². The molecule has 2 aromatic heterocycles. The lowest BCUT2D eigenvalue weighted by atomic mass is 10.2. The molecule has 1 aliphatic rings. The molecule has 2 aromatic rings. The maximum absolute atomic E-state index is 12.8. The molecule has 6 heteroatoms. The van der Waals surface area contributed by atoms with Crippen molar-refractivity contribution < 1.29 is 4.79 Å². The van der Waals surface area contributed by atoms with Crippen LogP contribution in [0.4, 0.5) is 0 Å². The van der Waals surface area contributed by atoms with Crippen molar-refractivity contribution in [2.45, 2.75) is 16.7 Å². The fourth-order valence-electron chi connectivity index (χ4n) is 2.56. The fourth-order valence-corrected chi connectivity index (χ4v) is 5.34. The van der Waals surface area contributed by atoms with Crippen molar-refractivity contribution >= 4 is 40.8 Å². The van der Waals surface area contributed by atoms with Crippen LogP contribution in [0.3, 0.4) is 0 Å². The summed E-state index contributed by atoms with van der Waals surface area (Å²) >= 11 is 5.31. The Morgan fingerprint density at radius 3 is 3.05 bits per heavy atom. The summed E-state index contributed by atoms with van der Waals surface area (Å²) in [5.41, 5.74) is 0.731. The van der Waals surface area contributed by atoms with E-state index < -0.39 is 0 Å². The molecule has 3 heterocycles. The second-order valence-corrected chi connectivity index (χ2v) is 8.10. The van der Waals surface area contributed by atoms with Crippen LogP contribution in [0.1, 0.15) is 26.9 Å². The van der Waals surface area contributed by atoms with Gasteiger partial charge in [-0.2, -0.15) is 11.8 Å². The van der Waals surface area contributed by atoms with Crippen molar-refractivity contribution in [2.24, 2.45) is 0 Å². The van der Waals surface area contributed by atoms with E-state index in [1.54, 1.807) is 6.20 Å². The lowest BCUT2D eigenvalue weighted by molar-refractivity contribution is 0.0762. The van der Waals surface area contributed by atoms with Gasteiger partial charge in [0.25, 0.3) is 5.91 Å². The molecule has 116 valence electrons. The maximum atomic E-state index is 12.8. The van der Waals surface area contributed by atoms with Crippen molar-refractivity contribution in [3.05, 3.63) is 46.3 Å². The Morgan fingerprint density at radius 1 is 1.36 bits per heavy atom. The highest BCUT2D eigenvalue weighted by molar-refractivity contribution is 7.99. The Hall–Kier alpha value is -0.980. The number of pyridine rings is 1. The van der Waals surface area contributed by atoms with Gasteiger partial charge in [0.15, 0.2) is 0 Å². The first-order valence-electron chi connectivity index (χ1n) is 7.23. The fraction of sp³-hybridized carbons (Fsp3) is 0.375. The van der Waals surface area contributed by atoms with Gasteiger partial charge in [-0.1, -0.05) is 6.07 Å². The van der Waals surface area contributed by atoms with Crippen LogP contribution < -0.4 is 0 Å². The summed E-state index contributed by atoms with van der Waals surface area (Å²) in [4.78, 5) is 20.5. The van der Waals surface area contributed by atoms with Crippen LogP contribution in [0.2, 0.25) is 0 Å². The minimum absolute atomic E-state index is 0.116. The first-order valence-corrected chi connectivity index (χ1v) is 10.4. The zero-order chi connectivity index (χ0) is 15.4. The molecule has 1 atom stereocenters. The van der Waals surface area contributed by atoms with Crippen LogP contribution in [0, 0.1) is 0 Å². The minimum atomic E-state index is 0.116. The first-order chi connectivity index (χ1) is 10.8. The van der Waals surface area contributed by atoms with E-state index in [1.807, 2.05) is 46.4 Å². The van der Waals surface area contributed by atoms with Gasteiger partial charge in [0, 0.05) is 35.2 Å². The molecule has 0 N–H and O–H groups in total. The predicted octanol–water partition coefficient (Wildman–Crippen LogP) is 4.19. The average molecular weight is 351 g/mol. The Bertz CT molecular complexity index is 630. The summed E-state index contributed by atoms with van der Waals surface area (Å²) in [6.07, 6.45) is 4.73. The van der Waals surface area contributed by atoms with Gasteiger partial charge in [-0.05, 0) is 36.3 Å². The second-order valence-electron chi connectivity index (χ2n) is 5.02. The van der Waals surface area contributed by atoms with Gasteiger partial charge in [0.05, 0.1) is 5.56 Å². The summed E-state index contributed by atoms with van der Waals surface area (Å²) in [6.45, 7) is 1.63. The normalized spacial score (nSPS) is 19.0. The highest BCUT2D eigenvalue weighted by atomic mass is 32.2. The molecule has 22 heavy (non-hydrogen) atoms. The lowest BCUT2D eigenvalue weighted by Gasteiger charge is -2.21. The van der Waals surface area contributed by atoms with Crippen molar-refractivity contribution in [3.63, 3.8) is 0 Å². The molecule has 3 rings (SSSR count). The maximum Gasteiger partial charge on any atom is 0.256 e. The molecule has 1 fully saturated rings. The minimum Gasteiger partial charge on any atom is -0.338 e. The van der Waals surface area contributed by atoms with Crippen molar-refractivity contribution in [1.82, 2.24) is 9.88 Å². The number of hydrogen-bond acceptors (Lipinski definition) is 5. The van der Waals surface area contributed by atoms with Gasteiger partial charge in [-0.25, -0.2) is 4.98 Å². The van der Waals surface area contributed by atoms with E-state index in [1.165, 1.54) is 16.6 Å². The molecule has 0 bridgehead atoms. The van der Waals surface area contributed by atoms with Crippen molar-refractivity contribution in [2.75, 3.05) is 25.1 Å². The zero-order valence-corrected chi connectivity index (χ0v) is 14.8. The Kier molecular flexibility index (Phi) is 5.44. The van der Waals surface area contributed by atoms with E-state index in [9.17, 15) is 4.79 Å². The van der Waals surface area contributed by atoms with Gasteiger partial charge in [0.2, 0.25) is 0 Å². The van der Waals surface area contributed by atoms with E-state index in [0.717, 1.165) is 35.9 Å². The third kappa shape index (κ3) is 3.50. The molecule has 0 unspecified atom stereocenters. The van der Waals surface area contributed by atoms with E-state index in [2.05, 4.69) is 22.5 Å². The van der Waals surface area contributed by atoms with Gasteiger partial charge >= 0.3 is 0 Å². The topological polar surface area (TPSA) is 33.2 Å². The summed E-state index contributed by atoms with van der Waals surface area (Å²) in [5, 5.41) is 3.47. The number of carbonyl (C=O) groups is 1. The number of thiophene rings is 1. The zero-order valence-electron chi connectivity index (χ0n) is 12.4. The molecule has 0 aliphatic carbocycles. The van der Waals surface area contributed by atoms with Gasteiger partial charge in [-0.15, -0.1) is 23.1 Å². The van der Waals surface area contributed by atoms with E-state index in [-0.39, 0.29) is 5.91 Å². The van der Waals surface area contributed by atoms with Gasteiger partial charge in [-0.3, -0.25) is 4.79 Å². The van der Waals surface area contributed by atoms with Crippen LogP contribution in [0.25, 0.3) is 0 Å². The number of rotatable bonds is 3. The molecular formula is C16H18N2OS3. The summed E-state index contributed by atoms with van der Waals surface area (Å²) < 4.78 is 0. The van der Waals surface area contributed by atoms with E-state index >= 15 is 0 Å². The average Bonchev–Trinajstić information content (AvgIpc) is 2.99. The second kappa shape index (κ2) is 7.53. The van der Waals surface area contributed by atoms with Crippen molar-refractivity contribution in [1.29, 1.82) is 0 Å². The molecule has 1 saturated heterocycles. The van der Waals surface area contributed by atoms with Crippen molar-refractivity contribution in [3.8, 4) is 0 Å². The molecule has 1 aliphatic heterocycles. The van der Waals surface area contributed by atoms with E-state index in [0.29, 0.717) is 5.25 Å². The highest BCUT2D eigenvalue weighted by Gasteiger charge is 2.24. The molecular weight excluding hydrogens is 332 g/mol. The number of nitrogens with zero attached hydrogens (tertiary/aromatic N) is 2. The largest absolute Gasteiger partial charge is 0.338 e. The van der Waals surface area contributed by atoms with Crippen LogP contribution in [-0.4, -0.2) is 40.9 Å². The van der Waals surface area contributed by atoms with Crippen LogP contribution in [0.5, 0.6) is 0 Å². The summed E-state index contributed by atoms with van der Waals surface area (Å²) in [5.74, 6) is 1.10. The molecule has 1 amide bonds. The van der Waals surface area contributed by atoms with Crippen LogP contribution in [-0.2, 0) is 0 Å². The predicted molar refractivity (Wildman–Crippen MR) is 96.1 cm³/mol. The number of amides is 1. The molecule has 0 radical (unpaired) electrons. The monoisotopic (exact) mass is 350 g/mol. The molecule has 0 saturated carbocycles. The first kappa shape index (κ1) is 15.9. The summed E-state index contributed by atoms with van der Waals surface area (Å²) in [6, 6.07) is 8.03. The SMILES string of the molecule is CSc1ncccc1C(=O)N1CCS[C@@H](c2cccs2)CC1. The molecule has 0 spiro atoms. The molecule has 3 nitrogen and oxygen atoms in total. The quantitative estimate of drug-likeness (QED) is 0.777. The smallest absolute Gasteiger partial charge is 0.256 e. The van der Waals surface area contributed by atoms with Crippen LogP contribution >= 0.6 is 34.9 Å².